The van der Waals surface area contributed by atoms with Gasteiger partial charge >= 0.3 is 5.69 Å². The van der Waals surface area contributed by atoms with Crippen molar-refractivity contribution in [3.05, 3.63) is 33.1 Å². The van der Waals surface area contributed by atoms with Gasteiger partial charge in [0.2, 0.25) is 0 Å². The lowest BCUT2D eigenvalue weighted by Gasteiger charge is -2.24. The largest absolute Gasteiger partial charge is 0.330 e. The van der Waals surface area contributed by atoms with Crippen LogP contribution in [0, 0.1) is 0 Å². The van der Waals surface area contributed by atoms with E-state index in [4.69, 9.17) is 0 Å². The number of hydrogen-bond acceptors (Lipinski definition) is 3. The molecule has 1 aliphatic heterocycles. The van der Waals surface area contributed by atoms with E-state index in [1.807, 2.05) is 0 Å². The minimum Gasteiger partial charge on any atom is -0.317 e. The summed E-state index contributed by atoms with van der Waals surface area (Å²) in [4.78, 5) is 23.0. The number of nitrogens with one attached hydrogen (secondary N) is 1. The van der Waals surface area contributed by atoms with E-state index in [-0.39, 0.29) is 29.7 Å². The van der Waals surface area contributed by atoms with Gasteiger partial charge in [0.15, 0.2) is 0 Å². The first-order chi connectivity index (χ1) is 7.20. The maximum atomic E-state index is 11.8. The van der Waals surface area contributed by atoms with E-state index < -0.39 is 0 Å². The molecule has 1 saturated heterocycles. The Morgan fingerprint density at radius 2 is 1.94 bits per heavy atom. The molecule has 0 aliphatic carbocycles. The van der Waals surface area contributed by atoms with Crippen molar-refractivity contribution < 1.29 is 0 Å². The molecular weight excluding hydrogens is 230 g/mol. The van der Waals surface area contributed by atoms with Crippen LogP contribution >= 0.6 is 12.4 Å². The summed E-state index contributed by atoms with van der Waals surface area (Å²) in [6, 6.07) is 1.68. The van der Waals surface area contributed by atoms with Crippen molar-refractivity contribution >= 4 is 12.4 Å². The Balaban J connectivity index is 0.00000128. The van der Waals surface area contributed by atoms with Crippen molar-refractivity contribution in [1.29, 1.82) is 0 Å². The van der Waals surface area contributed by atoms with Crippen molar-refractivity contribution in [3.63, 3.8) is 0 Å². The van der Waals surface area contributed by atoms with Crippen LogP contribution in [0.3, 0.4) is 0 Å². The average Bonchev–Trinajstić information content (AvgIpc) is 2.27. The van der Waals surface area contributed by atoms with Gasteiger partial charge in [-0.1, -0.05) is 0 Å². The molecule has 6 heteroatoms. The van der Waals surface area contributed by atoms with Crippen LogP contribution in [0.4, 0.5) is 0 Å². The zero-order valence-corrected chi connectivity index (χ0v) is 10.00. The summed E-state index contributed by atoms with van der Waals surface area (Å²) in [5, 5.41) is 3.25. The van der Waals surface area contributed by atoms with Crippen LogP contribution < -0.4 is 16.6 Å². The number of halogens is 1. The fourth-order valence-corrected chi connectivity index (χ4v) is 1.95. The summed E-state index contributed by atoms with van der Waals surface area (Å²) in [6.45, 7) is 1.86. The third-order valence-corrected chi connectivity index (χ3v) is 2.92. The van der Waals surface area contributed by atoms with Crippen LogP contribution in [-0.4, -0.2) is 22.2 Å². The molecule has 1 aromatic heterocycles. The summed E-state index contributed by atoms with van der Waals surface area (Å²) in [7, 11) is 1.52. The molecule has 2 heterocycles. The number of aromatic nitrogens is 2. The molecule has 0 radical (unpaired) electrons. The highest BCUT2D eigenvalue weighted by molar-refractivity contribution is 5.85. The van der Waals surface area contributed by atoms with Crippen LogP contribution in [0.1, 0.15) is 18.9 Å². The Morgan fingerprint density at radius 3 is 2.56 bits per heavy atom. The first kappa shape index (κ1) is 13.0. The van der Waals surface area contributed by atoms with Crippen molar-refractivity contribution in [3.8, 4) is 0 Å². The summed E-state index contributed by atoms with van der Waals surface area (Å²) >= 11 is 0. The molecule has 16 heavy (non-hydrogen) atoms. The fraction of sp³-hybridized carbons (Fsp3) is 0.600. The van der Waals surface area contributed by atoms with E-state index in [2.05, 4.69) is 5.32 Å². The second-order valence-corrected chi connectivity index (χ2v) is 3.88. The van der Waals surface area contributed by atoms with Gasteiger partial charge in [-0.05, 0) is 25.9 Å². The minimum atomic E-state index is -0.245. The Morgan fingerprint density at radius 1 is 1.31 bits per heavy atom. The van der Waals surface area contributed by atoms with Gasteiger partial charge in [-0.25, -0.2) is 4.79 Å². The van der Waals surface area contributed by atoms with Crippen LogP contribution in [0.25, 0.3) is 0 Å². The molecule has 1 fully saturated rings. The highest BCUT2D eigenvalue weighted by Gasteiger charge is 2.16. The molecule has 0 aromatic carbocycles. The standard InChI is InChI=1S/C10H15N3O2.ClH/c1-12-9(14)4-7-13(10(12)15)8-2-5-11-6-3-8;/h4,7-8,11H,2-3,5-6H2,1H3;1H. The molecule has 0 saturated carbocycles. The lowest BCUT2D eigenvalue weighted by atomic mass is 10.1. The van der Waals surface area contributed by atoms with Gasteiger partial charge in [0.25, 0.3) is 5.56 Å². The Kier molecular flexibility index (Phi) is 4.32. The second kappa shape index (κ2) is 5.32. The molecule has 0 unspecified atom stereocenters. The molecule has 0 bridgehead atoms. The number of hydrogen-bond donors (Lipinski definition) is 1. The molecule has 0 spiro atoms. The molecular formula is C10H16ClN3O2. The third-order valence-electron chi connectivity index (χ3n) is 2.92. The molecule has 1 aromatic rings. The van der Waals surface area contributed by atoms with Gasteiger partial charge in [-0.3, -0.25) is 13.9 Å². The molecule has 1 aliphatic rings. The number of nitrogens with zero attached hydrogens (tertiary/aromatic N) is 2. The van der Waals surface area contributed by atoms with Gasteiger partial charge in [0.1, 0.15) is 0 Å². The highest BCUT2D eigenvalue weighted by atomic mass is 35.5. The van der Waals surface area contributed by atoms with E-state index in [1.165, 1.54) is 13.1 Å². The molecule has 90 valence electrons. The van der Waals surface area contributed by atoms with E-state index >= 15 is 0 Å². The Labute approximate surface area is 99.5 Å². The van der Waals surface area contributed by atoms with E-state index in [0.29, 0.717) is 0 Å². The van der Waals surface area contributed by atoms with Crippen LogP contribution in [0.5, 0.6) is 0 Å². The summed E-state index contributed by atoms with van der Waals surface area (Å²) < 4.78 is 2.82. The predicted molar refractivity (Wildman–Crippen MR) is 64.3 cm³/mol. The van der Waals surface area contributed by atoms with Crippen molar-refractivity contribution in [2.24, 2.45) is 7.05 Å². The maximum absolute atomic E-state index is 11.8. The Bertz CT molecular complexity index is 460. The first-order valence-corrected chi connectivity index (χ1v) is 5.19. The average molecular weight is 246 g/mol. The topological polar surface area (TPSA) is 56.0 Å². The van der Waals surface area contributed by atoms with Crippen molar-refractivity contribution in [1.82, 2.24) is 14.5 Å². The van der Waals surface area contributed by atoms with E-state index in [9.17, 15) is 9.59 Å². The molecule has 0 atom stereocenters. The summed E-state index contributed by atoms with van der Waals surface area (Å²) in [6.07, 6.45) is 3.50. The number of piperidine rings is 1. The van der Waals surface area contributed by atoms with Crippen molar-refractivity contribution in [2.75, 3.05) is 13.1 Å². The van der Waals surface area contributed by atoms with Gasteiger partial charge in [-0.15, -0.1) is 12.4 Å². The van der Waals surface area contributed by atoms with Gasteiger partial charge in [0.05, 0.1) is 0 Å². The quantitative estimate of drug-likeness (QED) is 0.752. The van der Waals surface area contributed by atoms with E-state index in [1.54, 1.807) is 10.8 Å². The second-order valence-electron chi connectivity index (χ2n) is 3.88. The number of rotatable bonds is 1. The molecule has 1 N–H and O–H groups in total. The van der Waals surface area contributed by atoms with Crippen molar-refractivity contribution in [2.45, 2.75) is 18.9 Å². The zero-order valence-electron chi connectivity index (χ0n) is 9.18. The lowest BCUT2D eigenvalue weighted by Crippen LogP contribution is -2.41. The maximum Gasteiger partial charge on any atom is 0.330 e. The van der Waals surface area contributed by atoms with Crippen LogP contribution in [0.2, 0.25) is 0 Å². The van der Waals surface area contributed by atoms with Crippen LogP contribution in [-0.2, 0) is 7.05 Å². The van der Waals surface area contributed by atoms with Gasteiger partial charge in [-0.2, -0.15) is 0 Å². The highest BCUT2D eigenvalue weighted by Crippen LogP contribution is 2.14. The monoisotopic (exact) mass is 245 g/mol. The predicted octanol–water partition coefficient (Wildman–Crippen LogP) is -0.107. The van der Waals surface area contributed by atoms with Gasteiger partial charge < -0.3 is 5.32 Å². The molecule has 0 amide bonds. The summed E-state index contributed by atoms with van der Waals surface area (Å²) in [5.74, 6) is 0. The first-order valence-electron chi connectivity index (χ1n) is 5.19. The smallest absolute Gasteiger partial charge is 0.317 e. The molecule has 5 nitrogen and oxygen atoms in total. The SMILES string of the molecule is Cl.Cn1c(=O)ccn(C2CCNCC2)c1=O. The summed E-state index contributed by atoms with van der Waals surface area (Å²) in [5.41, 5.74) is -0.459. The fourth-order valence-electron chi connectivity index (χ4n) is 1.95. The van der Waals surface area contributed by atoms with Gasteiger partial charge in [0, 0.05) is 25.4 Å². The van der Waals surface area contributed by atoms with Crippen LogP contribution in [0.15, 0.2) is 21.9 Å². The minimum absolute atomic E-state index is 0. The zero-order chi connectivity index (χ0) is 10.8. The van der Waals surface area contributed by atoms with E-state index in [0.717, 1.165) is 30.5 Å². The third kappa shape index (κ3) is 2.36. The molecule has 2 rings (SSSR count). The normalized spacial score (nSPS) is 16.8. The Hall–Kier alpha value is -1.07. The lowest BCUT2D eigenvalue weighted by molar-refractivity contribution is 0.351.